The summed E-state index contributed by atoms with van der Waals surface area (Å²) in [4.78, 5) is 0. The number of nitrogens with zero attached hydrogens (tertiary/aromatic N) is 1. The van der Waals surface area contributed by atoms with Crippen LogP contribution in [-0.2, 0) is 6.54 Å². The molecule has 1 aromatic carbocycles. The molecule has 0 bridgehead atoms. The van der Waals surface area contributed by atoms with Crippen molar-refractivity contribution in [3.8, 4) is 6.07 Å². The lowest BCUT2D eigenvalue weighted by atomic mass is 9.94. The lowest BCUT2D eigenvalue weighted by molar-refractivity contribution is 0.0382. The molecule has 0 saturated carbocycles. The summed E-state index contributed by atoms with van der Waals surface area (Å²) in [6, 6.07) is 6.26. The standard InChI is InChI=1S/C15H21FN2O/c1-11(2)7-15(3,19)10-18-9-13-6-12(8-17)4-5-14(13)16/h4-6,11,18-19H,7,9-10H2,1-3H3. The zero-order valence-corrected chi connectivity index (χ0v) is 11.7. The maximum atomic E-state index is 13.5. The van der Waals surface area contributed by atoms with Crippen LogP contribution in [-0.4, -0.2) is 17.3 Å². The van der Waals surface area contributed by atoms with Crippen molar-refractivity contribution >= 4 is 0 Å². The Morgan fingerprint density at radius 2 is 2.16 bits per heavy atom. The molecule has 0 aliphatic heterocycles. The highest BCUT2D eigenvalue weighted by molar-refractivity contribution is 5.33. The van der Waals surface area contributed by atoms with Gasteiger partial charge < -0.3 is 10.4 Å². The molecule has 1 atom stereocenters. The van der Waals surface area contributed by atoms with Crippen molar-refractivity contribution in [1.82, 2.24) is 5.32 Å². The molecule has 0 radical (unpaired) electrons. The van der Waals surface area contributed by atoms with Gasteiger partial charge in [-0.25, -0.2) is 4.39 Å². The van der Waals surface area contributed by atoms with Gasteiger partial charge in [-0.15, -0.1) is 0 Å². The molecule has 0 amide bonds. The van der Waals surface area contributed by atoms with E-state index in [1.807, 2.05) is 19.9 Å². The molecule has 2 N–H and O–H groups in total. The fourth-order valence-corrected chi connectivity index (χ4v) is 2.20. The third-order valence-electron chi connectivity index (χ3n) is 2.84. The van der Waals surface area contributed by atoms with E-state index in [2.05, 4.69) is 5.32 Å². The minimum atomic E-state index is -0.808. The van der Waals surface area contributed by atoms with E-state index in [4.69, 9.17) is 5.26 Å². The molecular weight excluding hydrogens is 243 g/mol. The lowest BCUT2D eigenvalue weighted by Crippen LogP contribution is -2.38. The second-order valence-electron chi connectivity index (χ2n) is 5.62. The van der Waals surface area contributed by atoms with Gasteiger partial charge in [-0.3, -0.25) is 0 Å². The molecule has 0 fully saturated rings. The Balaban J connectivity index is 2.56. The van der Waals surface area contributed by atoms with E-state index < -0.39 is 5.60 Å². The molecule has 104 valence electrons. The molecule has 3 nitrogen and oxygen atoms in total. The van der Waals surface area contributed by atoms with Gasteiger partial charge in [-0.05, 0) is 37.5 Å². The number of nitrogens with one attached hydrogen (secondary N) is 1. The number of hydrogen-bond acceptors (Lipinski definition) is 3. The monoisotopic (exact) mass is 264 g/mol. The van der Waals surface area contributed by atoms with Crippen LogP contribution in [0.4, 0.5) is 4.39 Å². The Morgan fingerprint density at radius 1 is 1.47 bits per heavy atom. The number of hydrogen-bond donors (Lipinski definition) is 2. The average molecular weight is 264 g/mol. The molecule has 19 heavy (non-hydrogen) atoms. The maximum absolute atomic E-state index is 13.5. The molecule has 1 aromatic rings. The number of benzene rings is 1. The van der Waals surface area contributed by atoms with Gasteiger partial charge in [-0.2, -0.15) is 5.26 Å². The van der Waals surface area contributed by atoms with Gasteiger partial charge in [0.25, 0.3) is 0 Å². The quantitative estimate of drug-likeness (QED) is 0.830. The highest BCUT2D eigenvalue weighted by atomic mass is 19.1. The van der Waals surface area contributed by atoms with Crippen LogP contribution in [0.5, 0.6) is 0 Å². The smallest absolute Gasteiger partial charge is 0.127 e. The van der Waals surface area contributed by atoms with Crippen LogP contribution in [0.2, 0.25) is 0 Å². The van der Waals surface area contributed by atoms with E-state index in [1.165, 1.54) is 18.2 Å². The number of halogens is 1. The minimum Gasteiger partial charge on any atom is -0.389 e. The highest BCUT2D eigenvalue weighted by Gasteiger charge is 2.21. The van der Waals surface area contributed by atoms with Crippen LogP contribution in [0.25, 0.3) is 0 Å². The Morgan fingerprint density at radius 3 is 2.74 bits per heavy atom. The molecule has 0 saturated heterocycles. The van der Waals surface area contributed by atoms with Crippen molar-refractivity contribution < 1.29 is 9.50 Å². The largest absolute Gasteiger partial charge is 0.389 e. The van der Waals surface area contributed by atoms with Crippen molar-refractivity contribution in [3.05, 3.63) is 35.1 Å². The summed E-state index contributed by atoms with van der Waals surface area (Å²) in [6.45, 7) is 6.55. The molecule has 1 rings (SSSR count). The zero-order chi connectivity index (χ0) is 14.5. The molecule has 4 heteroatoms. The average Bonchev–Trinajstić information content (AvgIpc) is 2.29. The van der Waals surface area contributed by atoms with E-state index >= 15 is 0 Å². The van der Waals surface area contributed by atoms with Gasteiger partial charge in [0, 0.05) is 18.7 Å². The summed E-state index contributed by atoms with van der Waals surface area (Å²) >= 11 is 0. The molecule has 0 aliphatic rings. The molecule has 0 aliphatic carbocycles. The Bertz CT molecular complexity index is 464. The SMILES string of the molecule is CC(C)CC(C)(O)CNCc1cc(C#N)ccc1F. The van der Waals surface area contributed by atoms with E-state index in [9.17, 15) is 9.50 Å². The fraction of sp³-hybridized carbons (Fsp3) is 0.533. The maximum Gasteiger partial charge on any atom is 0.127 e. The van der Waals surface area contributed by atoms with E-state index in [0.717, 1.165) is 0 Å². The van der Waals surface area contributed by atoms with E-state index in [1.54, 1.807) is 6.92 Å². The second kappa shape index (κ2) is 6.65. The lowest BCUT2D eigenvalue weighted by Gasteiger charge is -2.25. The van der Waals surface area contributed by atoms with Gasteiger partial charge in [0.1, 0.15) is 5.82 Å². The minimum absolute atomic E-state index is 0.301. The summed E-state index contributed by atoms with van der Waals surface area (Å²) in [6.07, 6.45) is 0.681. The molecular formula is C15H21FN2O. The Kier molecular flexibility index (Phi) is 5.46. The fourth-order valence-electron chi connectivity index (χ4n) is 2.20. The summed E-state index contributed by atoms with van der Waals surface area (Å²) in [5.74, 6) is 0.0606. The van der Waals surface area contributed by atoms with Crippen LogP contribution >= 0.6 is 0 Å². The summed E-state index contributed by atoms with van der Waals surface area (Å²) in [5, 5.41) is 21.9. The van der Waals surface area contributed by atoms with Crippen molar-refractivity contribution in [2.75, 3.05) is 6.54 Å². The number of nitriles is 1. The first kappa shape index (κ1) is 15.6. The number of rotatable bonds is 6. The van der Waals surface area contributed by atoms with Crippen molar-refractivity contribution in [2.45, 2.75) is 39.3 Å². The first-order valence-corrected chi connectivity index (χ1v) is 6.45. The van der Waals surface area contributed by atoms with Gasteiger partial charge in [-0.1, -0.05) is 13.8 Å². The van der Waals surface area contributed by atoms with Crippen LogP contribution in [0, 0.1) is 23.1 Å². The third-order valence-corrected chi connectivity index (χ3v) is 2.84. The van der Waals surface area contributed by atoms with Crippen LogP contribution in [0.15, 0.2) is 18.2 Å². The van der Waals surface area contributed by atoms with Crippen LogP contribution in [0.3, 0.4) is 0 Å². The molecule has 0 aromatic heterocycles. The summed E-state index contributed by atoms with van der Waals surface area (Å²) in [5.41, 5.74) is 0.0730. The molecule has 1 unspecified atom stereocenters. The topological polar surface area (TPSA) is 56.0 Å². The predicted octanol–water partition coefficient (Wildman–Crippen LogP) is 2.58. The van der Waals surface area contributed by atoms with Crippen molar-refractivity contribution in [1.29, 1.82) is 5.26 Å². The third kappa shape index (κ3) is 5.37. The van der Waals surface area contributed by atoms with Gasteiger partial charge in [0.2, 0.25) is 0 Å². The second-order valence-corrected chi connectivity index (χ2v) is 5.62. The normalized spacial score (nSPS) is 14.2. The predicted molar refractivity (Wildman–Crippen MR) is 72.9 cm³/mol. The van der Waals surface area contributed by atoms with Gasteiger partial charge in [0.05, 0.1) is 17.2 Å². The van der Waals surface area contributed by atoms with Crippen LogP contribution < -0.4 is 5.32 Å². The first-order valence-electron chi connectivity index (χ1n) is 6.45. The van der Waals surface area contributed by atoms with E-state index in [-0.39, 0.29) is 5.82 Å². The summed E-state index contributed by atoms with van der Waals surface area (Å²) < 4.78 is 13.5. The van der Waals surface area contributed by atoms with E-state index in [0.29, 0.717) is 36.6 Å². The highest BCUT2D eigenvalue weighted by Crippen LogP contribution is 2.16. The van der Waals surface area contributed by atoms with Crippen molar-refractivity contribution in [3.63, 3.8) is 0 Å². The van der Waals surface area contributed by atoms with Gasteiger partial charge >= 0.3 is 0 Å². The zero-order valence-electron chi connectivity index (χ0n) is 11.7. The first-order chi connectivity index (χ1) is 8.84. The van der Waals surface area contributed by atoms with Crippen LogP contribution in [0.1, 0.15) is 38.3 Å². The summed E-state index contributed by atoms with van der Waals surface area (Å²) in [7, 11) is 0. The molecule has 0 spiro atoms. The molecule has 0 heterocycles. The van der Waals surface area contributed by atoms with Crippen molar-refractivity contribution in [2.24, 2.45) is 5.92 Å². The Hall–Kier alpha value is -1.44. The Labute approximate surface area is 114 Å². The van der Waals surface area contributed by atoms with Gasteiger partial charge in [0.15, 0.2) is 0 Å². The number of aliphatic hydroxyl groups is 1.